The molecule has 0 spiro atoms. The molecular weight excluding hydrogens is 384 g/mol. The second-order valence-corrected chi connectivity index (χ2v) is 6.33. The summed E-state index contributed by atoms with van der Waals surface area (Å²) in [5, 5.41) is 5.97. The Kier molecular flexibility index (Phi) is 7.52. The van der Waals surface area contributed by atoms with Crippen LogP contribution in [0.3, 0.4) is 0 Å². The Morgan fingerprint density at radius 1 is 1.04 bits per heavy atom. The van der Waals surface area contributed by atoms with Gasteiger partial charge >= 0.3 is 0 Å². The maximum absolute atomic E-state index is 12.6. The summed E-state index contributed by atoms with van der Waals surface area (Å²) < 4.78 is 15.7. The molecule has 2 aromatic rings. The first-order valence-corrected chi connectivity index (χ1v) is 8.91. The molecule has 0 saturated heterocycles. The number of hydrogen-bond acceptors (Lipinski definition) is 5. The summed E-state index contributed by atoms with van der Waals surface area (Å²) in [6.45, 7) is 1.86. The third-order valence-electron chi connectivity index (χ3n) is 4.08. The molecule has 0 heterocycles. The van der Waals surface area contributed by atoms with Crippen LogP contribution in [0.2, 0.25) is 5.02 Å². The van der Waals surface area contributed by atoms with E-state index >= 15 is 0 Å². The van der Waals surface area contributed by atoms with Crippen LogP contribution < -0.4 is 24.8 Å². The standard InChI is InChI=1S/C20H23ClN2O5/c1-12(19(24)22-11-13-7-5-6-8-15(13)21)23-20(25)14-9-16(26-2)18(28-4)17(10-14)27-3/h5-10,12H,11H2,1-4H3,(H,22,24)(H,23,25)/t12-/m0/s1. The average molecular weight is 407 g/mol. The number of rotatable bonds is 8. The molecule has 0 fully saturated rings. The molecule has 7 nitrogen and oxygen atoms in total. The number of carbonyl (C=O) groups is 2. The summed E-state index contributed by atoms with van der Waals surface area (Å²) in [5.74, 6) is 0.304. The summed E-state index contributed by atoms with van der Waals surface area (Å²) in [5.41, 5.74) is 1.07. The summed E-state index contributed by atoms with van der Waals surface area (Å²) in [7, 11) is 4.40. The molecule has 0 radical (unpaired) electrons. The lowest BCUT2D eigenvalue weighted by Gasteiger charge is -2.17. The monoisotopic (exact) mass is 406 g/mol. The number of amides is 2. The largest absolute Gasteiger partial charge is 0.493 e. The van der Waals surface area contributed by atoms with E-state index in [4.69, 9.17) is 25.8 Å². The van der Waals surface area contributed by atoms with E-state index in [1.807, 2.05) is 18.2 Å². The van der Waals surface area contributed by atoms with Crippen LogP contribution in [-0.2, 0) is 11.3 Å². The lowest BCUT2D eigenvalue weighted by atomic mass is 10.1. The first kappa shape index (κ1) is 21.4. The van der Waals surface area contributed by atoms with E-state index in [-0.39, 0.29) is 18.0 Å². The molecule has 2 amide bonds. The minimum absolute atomic E-state index is 0.267. The number of carbonyl (C=O) groups excluding carboxylic acids is 2. The van der Waals surface area contributed by atoms with E-state index in [1.54, 1.807) is 13.0 Å². The number of nitrogens with one attached hydrogen (secondary N) is 2. The highest BCUT2D eigenvalue weighted by atomic mass is 35.5. The number of benzene rings is 2. The van der Waals surface area contributed by atoms with Gasteiger partial charge in [-0.3, -0.25) is 9.59 Å². The fourth-order valence-corrected chi connectivity index (χ4v) is 2.74. The van der Waals surface area contributed by atoms with Gasteiger partial charge in [-0.25, -0.2) is 0 Å². The highest BCUT2D eigenvalue weighted by molar-refractivity contribution is 6.31. The van der Waals surface area contributed by atoms with E-state index in [0.717, 1.165) is 5.56 Å². The molecule has 1 atom stereocenters. The highest BCUT2D eigenvalue weighted by Crippen LogP contribution is 2.38. The van der Waals surface area contributed by atoms with Crippen LogP contribution in [0.15, 0.2) is 36.4 Å². The van der Waals surface area contributed by atoms with Crippen LogP contribution in [0, 0.1) is 0 Å². The molecule has 8 heteroatoms. The van der Waals surface area contributed by atoms with Crippen molar-refractivity contribution in [3.05, 3.63) is 52.5 Å². The summed E-state index contributed by atoms with van der Waals surface area (Å²) in [6.07, 6.45) is 0. The predicted octanol–water partition coefficient (Wildman–Crippen LogP) is 2.80. The Morgan fingerprint density at radius 3 is 2.18 bits per heavy atom. The molecule has 150 valence electrons. The van der Waals surface area contributed by atoms with Gasteiger partial charge in [0, 0.05) is 17.1 Å². The van der Waals surface area contributed by atoms with Crippen molar-refractivity contribution >= 4 is 23.4 Å². The van der Waals surface area contributed by atoms with E-state index < -0.39 is 11.9 Å². The van der Waals surface area contributed by atoms with Crippen molar-refractivity contribution in [1.82, 2.24) is 10.6 Å². The van der Waals surface area contributed by atoms with Crippen LogP contribution in [-0.4, -0.2) is 39.2 Å². The maximum atomic E-state index is 12.6. The van der Waals surface area contributed by atoms with Crippen molar-refractivity contribution in [2.24, 2.45) is 0 Å². The van der Waals surface area contributed by atoms with Crippen molar-refractivity contribution in [3.63, 3.8) is 0 Å². The van der Waals surface area contributed by atoms with Gasteiger partial charge in [-0.1, -0.05) is 29.8 Å². The first-order valence-electron chi connectivity index (χ1n) is 8.53. The van der Waals surface area contributed by atoms with Gasteiger partial charge in [0.15, 0.2) is 11.5 Å². The van der Waals surface area contributed by atoms with E-state index in [1.165, 1.54) is 33.5 Å². The summed E-state index contributed by atoms with van der Waals surface area (Å²) in [6, 6.07) is 9.50. The van der Waals surface area contributed by atoms with Gasteiger partial charge in [-0.05, 0) is 30.7 Å². The molecule has 2 rings (SSSR count). The molecule has 0 aliphatic rings. The van der Waals surface area contributed by atoms with Crippen molar-refractivity contribution < 1.29 is 23.8 Å². The second kappa shape index (κ2) is 9.85. The van der Waals surface area contributed by atoms with Gasteiger partial charge < -0.3 is 24.8 Å². The minimum Gasteiger partial charge on any atom is -0.493 e. The van der Waals surface area contributed by atoms with Crippen LogP contribution >= 0.6 is 11.6 Å². The van der Waals surface area contributed by atoms with Crippen molar-refractivity contribution in [2.45, 2.75) is 19.5 Å². The molecule has 0 aliphatic carbocycles. The lowest BCUT2D eigenvalue weighted by Crippen LogP contribution is -2.44. The van der Waals surface area contributed by atoms with Crippen molar-refractivity contribution in [1.29, 1.82) is 0 Å². The average Bonchev–Trinajstić information content (AvgIpc) is 2.71. The number of halogens is 1. The Labute approximate surface area is 168 Å². The zero-order valence-electron chi connectivity index (χ0n) is 16.2. The molecule has 0 saturated carbocycles. The SMILES string of the molecule is COc1cc(C(=O)N[C@@H](C)C(=O)NCc2ccccc2Cl)cc(OC)c1OC. The molecule has 0 bridgehead atoms. The smallest absolute Gasteiger partial charge is 0.252 e. The van der Waals surface area contributed by atoms with Gasteiger partial charge in [0.2, 0.25) is 11.7 Å². The molecule has 0 unspecified atom stereocenters. The van der Waals surface area contributed by atoms with E-state index in [0.29, 0.717) is 22.3 Å². The van der Waals surface area contributed by atoms with Crippen LogP contribution in [0.5, 0.6) is 17.2 Å². The van der Waals surface area contributed by atoms with Gasteiger partial charge in [0.05, 0.1) is 21.3 Å². The Hall–Kier alpha value is -2.93. The number of ether oxygens (including phenoxy) is 3. The number of methoxy groups -OCH3 is 3. The van der Waals surface area contributed by atoms with Crippen molar-refractivity contribution in [3.8, 4) is 17.2 Å². The van der Waals surface area contributed by atoms with Crippen LogP contribution in [0.1, 0.15) is 22.8 Å². The Balaban J connectivity index is 2.05. The zero-order valence-corrected chi connectivity index (χ0v) is 16.9. The normalized spacial score (nSPS) is 11.3. The fraction of sp³-hybridized carbons (Fsp3) is 0.300. The van der Waals surface area contributed by atoms with E-state index in [9.17, 15) is 9.59 Å². The molecule has 2 aromatic carbocycles. The molecular formula is C20H23ClN2O5. The second-order valence-electron chi connectivity index (χ2n) is 5.92. The van der Waals surface area contributed by atoms with Gasteiger partial charge in [-0.15, -0.1) is 0 Å². The molecule has 0 aromatic heterocycles. The fourth-order valence-electron chi connectivity index (χ4n) is 2.53. The van der Waals surface area contributed by atoms with E-state index in [2.05, 4.69) is 10.6 Å². The van der Waals surface area contributed by atoms with Gasteiger partial charge in [-0.2, -0.15) is 0 Å². The topological polar surface area (TPSA) is 85.9 Å². The van der Waals surface area contributed by atoms with Crippen LogP contribution in [0.25, 0.3) is 0 Å². The lowest BCUT2D eigenvalue weighted by molar-refractivity contribution is -0.122. The maximum Gasteiger partial charge on any atom is 0.252 e. The Bertz CT molecular complexity index is 831. The molecule has 0 aliphatic heterocycles. The highest BCUT2D eigenvalue weighted by Gasteiger charge is 2.20. The summed E-state index contributed by atoms with van der Waals surface area (Å²) in [4.78, 5) is 24.9. The minimum atomic E-state index is -0.755. The molecule has 28 heavy (non-hydrogen) atoms. The van der Waals surface area contributed by atoms with Gasteiger partial charge in [0.1, 0.15) is 6.04 Å². The van der Waals surface area contributed by atoms with Gasteiger partial charge in [0.25, 0.3) is 5.91 Å². The molecule has 2 N–H and O–H groups in total. The quantitative estimate of drug-likeness (QED) is 0.704. The zero-order chi connectivity index (χ0) is 20.7. The summed E-state index contributed by atoms with van der Waals surface area (Å²) >= 11 is 6.08. The first-order chi connectivity index (χ1) is 13.4. The third-order valence-corrected chi connectivity index (χ3v) is 4.45. The predicted molar refractivity (Wildman–Crippen MR) is 106 cm³/mol. The van der Waals surface area contributed by atoms with Crippen molar-refractivity contribution in [2.75, 3.05) is 21.3 Å². The Morgan fingerprint density at radius 2 is 1.64 bits per heavy atom. The van der Waals surface area contributed by atoms with Crippen LogP contribution in [0.4, 0.5) is 0 Å². The third kappa shape index (κ3) is 5.07. The number of hydrogen-bond donors (Lipinski definition) is 2.